The Bertz CT molecular complexity index is 745. The van der Waals surface area contributed by atoms with Crippen LogP contribution < -0.4 is 11.1 Å². The molecule has 0 radical (unpaired) electrons. The van der Waals surface area contributed by atoms with Crippen LogP contribution in [-0.2, 0) is 6.42 Å². The van der Waals surface area contributed by atoms with E-state index in [4.69, 9.17) is 5.73 Å². The van der Waals surface area contributed by atoms with Crippen LogP contribution >= 0.6 is 0 Å². The average molecular weight is 271 g/mol. The molecule has 0 spiro atoms. The summed E-state index contributed by atoms with van der Waals surface area (Å²) in [4.78, 5) is 23.2. The number of nitrogen functional groups attached to an aromatic ring is 1. The molecule has 1 aromatic carbocycles. The van der Waals surface area contributed by atoms with Gasteiger partial charge < -0.3 is 16.0 Å². The number of benzene rings is 1. The van der Waals surface area contributed by atoms with Gasteiger partial charge in [0.05, 0.1) is 17.4 Å². The van der Waals surface area contributed by atoms with Crippen LogP contribution in [0.5, 0.6) is 0 Å². The van der Waals surface area contributed by atoms with Gasteiger partial charge >= 0.3 is 0 Å². The Labute approximate surface area is 113 Å². The van der Waals surface area contributed by atoms with E-state index in [-0.39, 0.29) is 11.9 Å². The molecule has 20 heavy (non-hydrogen) atoms. The summed E-state index contributed by atoms with van der Waals surface area (Å²) in [6.07, 6.45) is 2.10. The Morgan fingerprint density at radius 2 is 2.30 bits per heavy atom. The van der Waals surface area contributed by atoms with E-state index in [0.29, 0.717) is 29.9 Å². The minimum Gasteiger partial charge on any atom is -0.367 e. The molecule has 0 saturated carbocycles. The Kier molecular flexibility index (Phi) is 3.04. The predicted octanol–water partition coefficient (Wildman–Crippen LogP) is 0.236. The number of amides is 1. The third-order valence-corrected chi connectivity index (χ3v) is 2.89. The van der Waals surface area contributed by atoms with E-state index >= 15 is 0 Å². The monoisotopic (exact) mass is 271 g/mol. The number of imidazole rings is 1. The maximum atomic E-state index is 12.1. The van der Waals surface area contributed by atoms with E-state index in [1.54, 1.807) is 12.4 Å². The number of nitrogens with zero attached hydrogens (tertiary/aromatic N) is 3. The molecule has 1 amide bonds. The first-order chi connectivity index (χ1) is 9.74. The molecule has 2 aromatic heterocycles. The highest BCUT2D eigenvalue weighted by molar-refractivity contribution is 6.04. The number of rotatable bonds is 4. The zero-order valence-corrected chi connectivity index (χ0v) is 10.6. The molecular formula is C12H13N7O. The van der Waals surface area contributed by atoms with Crippen LogP contribution in [0.1, 0.15) is 16.2 Å². The first kappa shape index (κ1) is 12.2. The Hall–Kier alpha value is -2.90. The maximum Gasteiger partial charge on any atom is 0.253 e. The fourth-order valence-corrected chi connectivity index (χ4v) is 1.96. The van der Waals surface area contributed by atoms with Gasteiger partial charge in [-0.05, 0) is 12.1 Å². The van der Waals surface area contributed by atoms with Gasteiger partial charge in [0.15, 0.2) is 0 Å². The molecule has 2 heterocycles. The van der Waals surface area contributed by atoms with E-state index in [1.165, 1.54) is 0 Å². The molecule has 3 rings (SSSR count). The first-order valence-corrected chi connectivity index (χ1v) is 6.11. The lowest BCUT2D eigenvalue weighted by Gasteiger charge is -2.04. The number of hydrogen-bond acceptors (Lipinski definition) is 5. The fraction of sp³-hybridized carbons (Fsp3) is 0.167. The quantitative estimate of drug-likeness (QED) is 0.540. The van der Waals surface area contributed by atoms with Gasteiger partial charge in [-0.2, -0.15) is 4.98 Å². The van der Waals surface area contributed by atoms with Crippen molar-refractivity contribution in [2.45, 2.75) is 6.42 Å². The summed E-state index contributed by atoms with van der Waals surface area (Å²) in [7, 11) is 0. The van der Waals surface area contributed by atoms with E-state index in [0.717, 1.165) is 5.52 Å². The number of aromatic nitrogens is 5. The zero-order chi connectivity index (χ0) is 13.9. The third kappa shape index (κ3) is 2.30. The van der Waals surface area contributed by atoms with Crippen LogP contribution in [0, 0.1) is 0 Å². The minimum absolute atomic E-state index is 0.171. The molecule has 8 heteroatoms. The molecule has 0 fully saturated rings. The van der Waals surface area contributed by atoms with E-state index in [2.05, 4.69) is 30.5 Å². The highest BCUT2D eigenvalue weighted by Gasteiger charge is 2.11. The van der Waals surface area contributed by atoms with Gasteiger partial charge in [-0.1, -0.05) is 6.07 Å². The summed E-state index contributed by atoms with van der Waals surface area (Å²) >= 11 is 0. The van der Waals surface area contributed by atoms with Gasteiger partial charge in [0.25, 0.3) is 5.91 Å². The number of para-hydroxylation sites is 1. The average Bonchev–Trinajstić information content (AvgIpc) is 3.06. The number of anilines is 1. The van der Waals surface area contributed by atoms with Gasteiger partial charge in [-0.25, -0.2) is 4.98 Å². The van der Waals surface area contributed by atoms with Crippen molar-refractivity contribution in [3.8, 4) is 0 Å². The molecule has 0 bridgehead atoms. The molecule has 0 unspecified atom stereocenters. The van der Waals surface area contributed by atoms with Crippen molar-refractivity contribution in [1.29, 1.82) is 0 Å². The summed E-state index contributed by atoms with van der Waals surface area (Å²) in [6.45, 7) is 0.439. The number of hydrogen-bond donors (Lipinski definition) is 4. The summed E-state index contributed by atoms with van der Waals surface area (Å²) < 4.78 is 0. The molecule has 0 aliphatic heterocycles. The van der Waals surface area contributed by atoms with Crippen molar-refractivity contribution < 1.29 is 4.79 Å². The normalized spacial score (nSPS) is 10.8. The van der Waals surface area contributed by atoms with Crippen LogP contribution in [-0.4, -0.2) is 37.6 Å². The van der Waals surface area contributed by atoms with Gasteiger partial charge in [-0.3, -0.25) is 9.89 Å². The number of aromatic amines is 2. The van der Waals surface area contributed by atoms with Gasteiger partial charge in [-0.15, -0.1) is 5.10 Å². The molecule has 102 valence electrons. The second-order valence-electron chi connectivity index (χ2n) is 4.25. The molecule has 0 atom stereocenters. The lowest BCUT2D eigenvalue weighted by molar-refractivity contribution is 0.0955. The minimum atomic E-state index is -0.171. The number of H-pyrrole nitrogens is 2. The zero-order valence-electron chi connectivity index (χ0n) is 10.6. The van der Waals surface area contributed by atoms with Crippen LogP contribution in [0.3, 0.4) is 0 Å². The summed E-state index contributed by atoms with van der Waals surface area (Å²) in [5.74, 6) is 0.670. The highest BCUT2D eigenvalue weighted by atomic mass is 16.1. The van der Waals surface area contributed by atoms with Crippen molar-refractivity contribution >= 4 is 22.9 Å². The Morgan fingerprint density at radius 3 is 3.10 bits per heavy atom. The number of fused-ring (bicyclic) bond motifs is 1. The molecule has 0 aliphatic rings. The van der Waals surface area contributed by atoms with Gasteiger partial charge in [0.2, 0.25) is 5.95 Å². The van der Waals surface area contributed by atoms with E-state index < -0.39 is 0 Å². The van der Waals surface area contributed by atoms with Crippen molar-refractivity contribution in [3.63, 3.8) is 0 Å². The van der Waals surface area contributed by atoms with E-state index in [1.807, 2.05) is 12.1 Å². The van der Waals surface area contributed by atoms with Crippen molar-refractivity contribution in [1.82, 2.24) is 30.5 Å². The molecule has 3 aromatic rings. The number of carbonyl (C=O) groups excluding carboxylic acids is 1. The Balaban J connectivity index is 1.66. The fourth-order valence-electron chi connectivity index (χ4n) is 1.96. The second kappa shape index (κ2) is 5.00. The van der Waals surface area contributed by atoms with Crippen molar-refractivity contribution in [3.05, 3.63) is 35.9 Å². The third-order valence-electron chi connectivity index (χ3n) is 2.89. The predicted molar refractivity (Wildman–Crippen MR) is 72.9 cm³/mol. The van der Waals surface area contributed by atoms with Crippen molar-refractivity contribution in [2.24, 2.45) is 0 Å². The molecule has 5 N–H and O–H groups in total. The highest BCUT2D eigenvalue weighted by Crippen LogP contribution is 2.14. The maximum absolute atomic E-state index is 12.1. The smallest absolute Gasteiger partial charge is 0.253 e. The van der Waals surface area contributed by atoms with Crippen LogP contribution in [0.15, 0.2) is 24.5 Å². The van der Waals surface area contributed by atoms with Crippen molar-refractivity contribution in [2.75, 3.05) is 12.3 Å². The lowest BCUT2D eigenvalue weighted by Crippen LogP contribution is -2.26. The molecular weight excluding hydrogens is 258 g/mol. The van der Waals surface area contributed by atoms with Gasteiger partial charge in [0, 0.05) is 13.0 Å². The van der Waals surface area contributed by atoms with E-state index in [9.17, 15) is 4.79 Å². The number of nitrogens with two attached hydrogens (primary N) is 1. The standard InChI is InChI=1S/C12H13N7O/c13-12-17-9(18-19-12)4-5-14-11(20)7-2-1-3-8-10(7)16-6-15-8/h1-3,6H,4-5H2,(H,14,20)(H,15,16)(H3,13,17,18,19). The number of carbonyl (C=O) groups is 1. The second-order valence-corrected chi connectivity index (χ2v) is 4.25. The van der Waals surface area contributed by atoms with Gasteiger partial charge in [0.1, 0.15) is 11.3 Å². The summed E-state index contributed by atoms with van der Waals surface area (Å²) in [5, 5.41) is 9.23. The summed E-state index contributed by atoms with van der Waals surface area (Å²) in [5.41, 5.74) is 7.44. The number of nitrogens with one attached hydrogen (secondary N) is 3. The SMILES string of the molecule is Nc1n[nH]c(CCNC(=O)c2cccc3[nH]cnc23)n1. The first-order valence-electron chi connectivity index (χ1n) is 6.11. The molecule has 0 saturated heterocycles. The summed E-state index contributed by atoms with van der Waals surface area (Å²) in [6, 6.07) is 5.42. The molecule has 0 aliphatic carbocycles. The topological polar surface area (TPSA) is 125 Å². The van der Waals surface area contributed by atoms with Crippen LogP contribution in [0.25, 0.3) is 11.0 Å². The van der Waals surface area contributed by atoms with Crippen LogP contribution in [0.4, 0.5) is 5.95 Å². The Morgan fingerprint density at radius 1 is 1.40 bits per heavy atom. The molecule has 8 nitrogen and oxygen atoms in total. The van der Waals surface area contributed by atoms with Crippen LogP contribution in [0.2, 0.25) is 0 Å². The largest absolute Gasteiger partial charge is 0.367 e. The lowest BCUT2D eigenvalue weighted by atomic mass is 10.1.